The predicted molar refractivity (Wildman–Crippen MR) is 132 cm³/mol. The van der Waals surface area contributed by atoms with E-state index in [1.165, 1.54) is 12.8 Å². The maximum Gasteiger partial charge on any atom is 0.226 e. The molecule has 1 saturated carbocycles. The number of hydrogen-bond acceptors (Lipinski definition) is 2. The molecule has 1 saturated heterocycles. The van der Waals surface area contributed by atoms with Gasteiger partial charge >= 0.3 is 0 Å². The Kier molecular flexibility index (Phi) is 7.80. The average molecular weight is 515 g/mol. The van der Waals surface area contributed by atoms with E-state index >= 15 is 0 Å². The molecular weight excluding hydrogens is 478 g/mol. The van der Waals surface area contributed by atoms with Gasteiger partial charge in [-0.05, 0) is 80.3 Å². The summed E-state index contributed by atoms with van der Waals surface area (Å²) >= 11 is 9.83. The molecule has 1 aromatic rings. The van der Waals surface area contributed by atoms with Crippen molar-refractivity contribution < 1.29 is 9.22 Å². The smallest absolute Gasteiger partial charge is 0.226 e. The first-order valence-electron chi connectivity index (χ1n) is 11.4. The molecule has 1 aromatic carbocycles. The van der Waals surface area contributed by atoms with Crippen molar-refractivity contribution in [2.24, 2.45) is 11.8 Å². The van der Waals surface area contributed by atoms with Crippen molar-refractivity contribution >= 4 is 41.8 Å². The number of hydrogen-bond donors (Lipinski definition) is 0. The van der Waals surface area contributed by atoms with Crippen molar-refractivity contribution in [2.75, 3.05) is 13.2 Å². The van der Waals surface area contributed by atoms with Crippen LogP contribution < -0.4 is 0 Å². The lowest BCUT2D eigenvalue weighted by Gasteiger charge is -2.39. The van der Waals surface area contributed by atoms with Gasteiger partial charge in [0, 0.05) is 34.6 Å². The molecule has 1 aliphatic carbocycles. The molecule has 30 heavy (non-hydrogen) atoms. The summed E-state index contributed by atoms with van der Waals surface area (Å²) in [4.78, 5) is 15.3. The van der Waals surface area contributed by atoms with E-state index in [2.05, 4.69) is 54.7 Å². The summed E-state index contributed by atoms with van der Waals surface area (Å²) in [6.45, 7) is 13.3. The lowest BCUT2D eigenvalue weighted by Crippen LogP contribution is -2.43. The number of nitrogens with zero attached hydrogens (tertiary/aromatic N) is 1. The number of rotatable bonds is 6. The Morgan fingerprint density at radius 2 is 1.83 bits per heavy atom. The number of benzene rings is 1. The highest BCUT2D eigenvalue weighted by Crippen LogP contribution is 2.38. The summed E-state index contributed by atoms with van der Waals surface area (Å²) in [5.74, 6) is 1.05. The summed E-state index contributed by atoms with van der Waals surface area (Å²) in [7, 11) is -1.68. The fraction of sp³-hybridized carbons (Fsp3) is 0.708. The maximum absolute atomic E-state index is 13.1. The molecule has 1 aliphatic heterocycles. The third-order valence-electron chi connectivity index (χ3n) is 7.58. The van der Waals surface area contributed by atoms with Crippen LogP contribution in [-0.4, -0.2) is 38.3 Å². The lowest BCUT2D eigenvalue weighted by atomic mass is 9.86. The zero-order valence-corrected chi connectivity index (χ0v) is 22.5. The lowest BCUT2D eigenvalue weighted by molar-refractivity contribution is -0.133. The molecule has 3 nitrogen and oxygen atoms in total. The van der Waals surface area contributed by atoms with Crippen molar-refractivity contribution in [3.63, 3.8) is 0 Å². The van der Waals surface area contributed by atoms with E-state index in [1.54, 1.807) is 0 Å². The van der Waals surface area contributed by atoms with Crippen LogP contribution in [0.2, 0.25) is 23.2 Å². The van der Waals surface area contributed by atoms with E-state index < -0.39 is 8.32 Å². The third kappa shape index (κ3) is 5.70. The first-order chi connectivity index (χ1) is 14.0. The highest BCUT2D eigenvalue weighted by atomic mass is 79.9. The Hall–Kier alpha value is -0.363. The Bertz CT molecular complexity index is 756. The summed E-state index contributed by atoms with van der Waals surface area (Å²) in [5, 5.41) is 1.01. The van der Waals surface area contributed by atoms with E-state index in [0.717, 1.165) is 53.9 Å². The van der Waals surface area contributed by atoms with Gasteiger partial charge in [0.05, 0.1) is 0 Å². The van der Waals surface area contributed by atoms with Crippen molar-refractivity contribution in [1.29, 1.82) is 0 Å². The van der Waals surface area contributed by atoms with Gasteiger partial charge in [0.2, 0.25) is 5.91 Å². The van der Waals surface area contributed by atoms with E-state index in [4.69, 9.17) is 16.0 Å². The fourth-order valence-electron chi connectivity index (χ4n) is 4.43. The molecular formula is C24H37BrClNO2Si. The molecule has 1 amide bonds. The highest BCUT2D eigenvalue weighted by Gasteiger charge is 2.40. The maximum atomic E-state index is 13.1. The Balaban J connectivity index is 1.49. The summed E-state index contributed by atoms with van der Waals surface area (Å²) in [6, 6.07) is 6.37. The van der Waals surface area contributed by atoms with Gasteiger partial charge in [-0.2, -0.15) is 0 Å². The monoisotopic (exact) mass is 513 g/mol. The van der Waals surface area contributed by atoms with Crippen LogP contribution in [0.15, 0.2) is 22.7 Å². The van der Waals surface area contributed by atoms with Gasteiger partial charge in [0.1, 0.15) is 0 Å². The third-order valence-corrected chi connectivity index (χ3v) is 12.9. The minimum absolute atomic E-state index is 0.0725. The molecule has 1 atom stereocenters. The number of carbonyl (C=O) groups is 1. The largest absolute Gasteiger partial charge is 0.417 e. The van der Waals surface area contributed by atoms with Gasteiger partial charge in [-0.3, -0.25) is 4.79 Å². The average Bonchev–Trinajstić information content (AvgIpc) is 3.02. The van der Waals surface area contributed by atoms with E-state index in [0.29, 0.717) is 17.9 Å². The molecule has 168 valence electrons. The van der Waals surface area contributed by atoms with Crippen LogP contribution in [0.3, 0.4) is 0 Å². The first kappa shape index (κ1) is 24.3. The van der Waals surface area contributed by atoms with Gasteiger partial charge in [-0.15, -0.1) is 0 Å². The van der Waals surface area contributed by atoms with Crippen LogP contribution in [0.1, 0.15) is 58.4 Å². The zero-order valence-electron chi connectivity index (χ0n) is 19.1. The Morgan fingerprint density at radius 3 is 2.43 bits per heavy atom. The summed E-state index contributed by atoms with van der Waals surface area (Å²) in [6.07, 6.45) is 6.27. The number of likely N-dealkylation sites (tertiary alicyclic amines) is 1. The van der Waals surface area contributed by atoms with E-state index in [1.807, 2.05) is 18.2 Å². The zero-order chi connectivity index (χ0) is 22.1. The number of halogens is 2. The molecule has 0 radical (unpaired) electrons. The van der Waals surface area contributed by atoms with Crippen molar-refractivity contribution in [3.05, 3.63) is 33.3 Å². The molecule has 2 fully saturated rings. The minimum Gasteiger partial charge on any atom is -0.417 e. The fourth-order valence-corrected chi connectivity index (χ4v) is 6.27. The van der Waals surface area contributed by atoms with Crippen LogP contribution in [0.5, 0.6) is 0 Å². The standard InChI is InChI=1S/C24H37BrClNO2Si/c1-24(2,3)30(4,5)29-16-17-6-10-21(11-7-17)27-13-12-19(23(27)28)14-18-8-9-20(25)15-22(18)26/h8-9,15,17,19,21H,6-7,10-14,16H2,1-5H3/t17-,19?,21+. The summed E-state index contributed by atoms with van der Waals surface area (Å²) < 4.78 is 7.44. The number of amides is 1. The molecule has 3 rings (SSSR count). The molecule has 0 aromatic heterocycles. The summed E-state index contributed by atoms with van der Waals surface area (Å²) in [5.41, 5.74) is 1.08. The van der Waals surface area contributed by atoms with Crippen molar-refractivity contribution in [3.8, 4) is 0 Å². The Morgan fingerprint density at radius 1 is 1.17 bits per heavy atom. The normalized spacial score (nSPS) is 25.8. The molecule has 0 N–H and O–H groups in total. The van der Waals surface area contributed by atoms with E-state index in [9.17, 15) is 4.79 Å². The van der Waals surface area contributed by atoms with E-state index in [-0.39, 0.29) is 11.0 Å². The Labute approximate surface area is 197 Å². The van der Waals surface area contributed by atoms with Crippen LogP contribution >= 0.6 is 27.5 Å². The van der Waals surface area contributed by atoms with Gasteiger partial charge in [-0.25, -0.2) is 0 Å². The molecule has 6 heteroatoms. The minimum atomic E-state index is -1.68. The molecule has 1 unspecified atom stereocenters. The van der Waals surface area contributed by atoms with Crippen molar-refractivity contribution in [2.45, 2.75) is 83.5 Å². The topological polar surface area (TPSA) is 29.5 Å². The van der Waals surface area contributed by atoms with Crippen molar-refractivity contribution in [1.82, 2.24) is 4.90 Å². The molecule has 0 spiro atoms. The molecule has 1 heterocycles. The van der Waals surface area contributed by atoms with Gasteiger partial charge in [-0.1, -0.05) is 54.4 Å². The second-order valence-electron chi connectivity index (χ2n) is 10.7. The van der Waals surface area contributed by atoms with Gasteiger partial charge in [0.15, 0.2) is 8.32 Å². The second-order valence-corrected chi connectivity index (χ2v) is 16.8. The quantitative estimate of drug-likeness (QED) is 0.380. The highest BCUT2D eigenvalue weighted by molar-refractivity contribution is 9.10. The van der Waals surface area contributed by atoms with Crippen LogP contribution in [0, 0.1) is 11.8 Å². The molecule has 2 aliphatic rings. The van der Waals surface area contributed by atoms with Gasteiger partial charge in [0.25, 0.3) is 0 Å². The predicted octanol–water partition coefficient (Wildman–Crippen LogP) is 7.07. The van der Waals surface area contributed by atoms with Crippen LogP contribution in [0.25, 0.3) is 0 Å². The SMILES string of the molecule is CC(C)(C)[Si](C)(C)OC[C@H]1CC[C@@H](N2CCC(Cc3ccc(Br)cc3Cl)C2=O)CC1. The second kappa shape index (κ2) is 9.64. The number of carbonyl (C=O) groups excluding carboxylic acids is 1. The van der Waals surface area contributed by atoms with Crippen LogP contribution in [-0.2, 0) is 15.6 Å². The van der Waals surface area contributed by atoms with Crippen LogP contribution in [0.4, 0.5) is 0 Å². The molecule has 0 bridgehead atoms. The van der Waals surface area contributed by atoms with Gasteiger partial charge < -0.3 is 9.33 Å². The first-order valence-corrected chi connectivity index (χ1v) is 15.4.